The fourth-order valence-corrected chi connectivity index (χ4v) is 5.79. The van der Waals surface area contributed by atoms with Crippen LogP contribution in [0.1, 0.15) is 22.3 Å². The van der Waals surface area contributed by atoms with E-state index in [9.17, 15) is 0 Å². The van der Waals surface area contributed by atoms with Gasteiger partial charge in [0.05, 0.1) is 4.88 Å². The first-order chi connectivity index (χ1) is 17.8. The summed E-state index contributed by atoms with van der Waals surface area (Å²) in [6.07, 6.45) is 0. The van der Waals surface area contributed by atoms with Crippen molar-refractivity contribution in [3.63, 3.8) is 0 Å². The van der Waals surface area contributed by atoms with Crippen LogP contribution in [0, 0.1) is 6.92 Å². The number of thiophene rings is 1. The van der Waals surface area contributed by atoms with Gasteiger partial charge in [0.25, 0.3) is 0 Å². The minimum atomic E-state index is -0.767. The molecule has 4 nitrogen and oxygen atoms in total. The molecule has 174 valence electrons. The molecule has 5 heteroatoms. The van der Waals surface area contributed by atoms with Crippen LogP contribution in [0.4, 0.5) is 0 Å². The van der Waals surface area contributed by atoms with Crippen LogP contribution < -0.4 is 0 Å². The Bertz CT molecular complexity index is 1470. The molecule has 0 atom stereocenters. The summed E-state index contributed by atoms with van der Waals surface area (Å²) in [5.74, 6) is 0.733. The molecule has 0 aliphatic heterocycles. The Kier molecular flexibility index (Phi) is 5.76. The van der Waals surface area contributed by atoms with E-state index in [0.29, 0.717) is 0 Å². The van der Waals surface area contributed by atoms with Crippen molar-refractivity contribution in [2.24, 2.45) is 0 Å². The van der Waals surface area contributed by atoms with Crippen molar-refractivity contribution in [1.82, 2.24) is 20.2 Å². The first-order valence-electron chi connectivity index (χ1n) is 11.9. The minimum absolute atomic E-state index is 0.733. The van der Waals surface area contributed by atoms with Crippen LogP contribution in [0.3, 0.4) is 0 Å². The predicted molar refractivity (Wildman–Crippen MR) is 146 cm³/mol. The first kappa shape index (κ1) is 22.1. The van der Waals surface area contributed by atoms with Gasteiger partial charge in [-0.3, -0.25) is 0 Å². The van der Waals surface area contributed by atoms with Crippen molar-refractivity contribution in [2.75, 3.05) is 0 Å². The molecule has 4 aromatic carbocycles. The third-order valence-electron chi connectivity index (χ3n) is 6.59. The summed E-state index contributed by atoms with van der Waals surface area (Å²) in [4.78, 5) is 1.04. The number of aromatic nitrogens is 4. The van der Waals surface area contributed by atoms with Crippen molar-refractivity contribution in [2.45, 2.75) is 12.5 Å². The molecular formula is C31H24N4S. The number of nitrogens with zero attached hydrogens (tertiary/aromatic N) is 4. The maximum atomic E-state index is 4.68. The number of hydrogen-bond donors (Lipinski definition) is 0. The zero-order valence-electron chi connectivity index (χ0n) is 19.8. The van der Waals surface area contributed by atoms with Crippen molar-refractivity contribution >= 4 is 11.3 Å². The van der Waals surface area contributed by atoms with Gasteiger partial charge in [-0.15, -0.1) is 16.4 Å². The van der Waals surface area contributed by atoms with Crippen LogP contribution in [0.2, 0.25) is 0 Å². The molecular weight excluding hydrogens is 460 g/mol. The largest absolute Gasteiger partial charge is 0.205 e. The van der Waals surface area contributed by atoms with Gasteiger partial charge in [-0.1, -0.05) is 121 Å². The van der Waals surface area contributed by atoms with Crippen molar-refractivity contribution in [1.29, 1.82) is 0 Å². The quantitative estimate of drug-likeness (QED) is 0.235. The average molecular weight is 485 g/mol. The van der Waals surface area contributed by atoms with E-state index in [0.717, 1.165) is 38.5 Å². The van der Waals surface area contributed by atoms with Gasteiger partial charge in [-0.05, 0) is 51.1 Å². The molecule has 0 N–H and O–H groups in total. The normalized spacial score (nSPS) is 11.5. The van der Waals surface area contributed by atoms with Gasteiger partial charge in [0.2, 0.25) is 0 Å². The first-order valence-corrected chi connectivity index (χ1v) is 12.8. The Labute approximate surface area is 214 Å². The second-order valence-corrected chi connectivity index (χ2v) is 9.67. The average Bonchev–Trinajstić information content (AvgIpc) is 3.62. The lowest BCUT2D eigenvalue weighted by Gasteiger charge is -2.36. The van der Waals surface area contributed by atoms with Crippen molar-refractivity contribution in [3.05, 3.63) is 149 Å². The molecule has 0 fully saturated rings. The Hall–Kier alpha value is -4.35. The fraction of sp³-hybridized carbons (Fsp3) is 0.0645. The molecule has 0 saturated carbocycles. The SMILES string of the molecule is Cc1ccc(-c2ccsc2-c2nnnn2C(c2ccccc2)(c2ccccc2)c2ccccc2)cc1. The molecule has 6 rings (SSSR count). The zero-order valence-corrected chi connectivity index (χ0v) is 20.6. The molecule has 0 radical (unpaired) electrons. The van der Waals surface area contributed by atoms with Crippen LogP contribution in [0.5, 0.6) is 0 Å². The summed E-state index contributed by atoms with van der Waals surface area (Å²) in [6, 6.07) is 42.2. The molecule has 0 spiro atoms. The zero-order chi connectivity index (χ0) is 24.4. The van der Waals surface area contributed by atoms with Gasteiger partial charge in [0, 0.05) is 5.56 Å². The highest BCUT2D eigenvalue weighted by molar-refractivity contribution is 7.14. The Balaban J connectivity index is 1.67. The Morgan fingerprint density at radius 2 is 1.17 bits per heavy atom. The van der Waals surface area contributed by atoms with Crippen LogP contribution in [-0.2, 0) is 5.54 Å². The molecule has 0 bridgehead atoms. The summed E-state index contributed by atoms with van der Waals surface area (Å²) >= 11 is 1.66. The van der Waals surface area contributed by atoms with E-state index < -0.39 is 5.54 Å². The van der Waals surface area contributed by atoms with Crippen molar-refractivity contribution in [3.8, 4) is 21.8 Å². The number of aryl methyl sites for hydroxylation is 1. The number of tetrazole rings is 1. The highest BCUT2D eigenvalue weighted by atomic mass is 32.1. The van der Waals surface area contributed by atoms with Crippen LogP contribution >= 0.6 is 11.3 Å². The van der Waals surface area contributed by atoms with E-state index >= 15 is 0 Å². The molecule has 36 heavy (non-hydrogen) atoms. The minimum Gasteiger partial charge on any atom is -0.205 e. The summed E-state index contributed by atoms with van der Waals surface area (Å²) in [5, 5.41) is 15.7. The van der Waals surface area contributed by atoms with E-state index in [2.05, 4.69) is 131 Å². The molecule has 0 aliphatic carbocycles. The van der Waals surface area contributed by atoms with Crippen molar-refractivity contribution < 1.29 is 0 Å². The second-order valence-electron chi connectivity index (χ2n) is 8.75. The van der Waals surface area contributed by atoms with Crippen LogP contribution in [-0.4, -0.2) is 20.2 Å². The molecule has 0 amide bonds. The second kappa shape index (κ2) is 9.36. The maximum absolute atomic E-state index is 4.68. The third-order valence-corrected chi connectivity index (χ3v) is 7.50. The van der Waals surface area contributed by atoms with Crippen LogP contribution in [0.25, 0.3) is 21.8 Å². The van der Waals surface area contributed by atoms with Gasteiger partial charge in [-0.25, -0.2) is 4.68 Å². The lowest BCUT2D eigenvalue weighted by Crippen LogP contribution is -2.39. The Morgan fingerprint density at radius 1 is 0.639 bits per heavy atom. The van der Waals surface area contributed by atoms with E-state index in [-0.39, 0.29) is 0 Å². The third kappa shape index (κ3) is 3.65. The highest BCUT2D eigenvalue weighted by Gasteiger charge is 2.42. The van der Waals surface area contributed by atoms with Gasteiger partial charge in [0.15, 0.2) is 5.82 Å². The van der Waals surface area contributed by atoms with E-state index in [4.69, 9.17) is 0 Å². The molecule has 0 unspecified atom stereocenters. The summed E-state index contributed by atoms with van der Waals surface area (Å²) < 4.78 is 2.00. The lowest BCUT2D eigenvalue weighted by molar-refractivity contribution is 0.451. The number of hydrogen-bond acceptors (Lipinski definition) is 4. The topological polar surface area (TPSA) is 43.6 Å². The molecule has 0 aliphatic rings. The monoisotopic (exact) mass is 484 g/mol. The fourth-order valence-electron chi connectivity index (χ4n) is 4.90. The van der Waals surface area contributed by atoms with E-state index in [1.54, 1.807) is 11.3 Å². The van der Waals surface area contributed by atoms with E-state index in [1.807, 2.05) is 22.9 Å². The number of benzene rings is 4. The molecule has 6 aromatic rings. The Morgan fingerprint density at radius 3 is 1.69 bits per heavy atom. The molecule has 2 aromatic heterocycles. The standard InChI is InChI=1S/C31H24N4S/c1-23-17-19-24(20-18-23)28-21-22-36-29(28)30-32-33-34-35(30)31(25-11-5-2-6-12-25,26-13-7-3-8-14-26)27-15-9-4-10-16-27/h2-22H,1H3. The van der Waals surface area contributed by atoms with Crippen LogP contribution in [0.15, 0.2) is 127 Å². The van der Waals surface area contributed by atoms with Gasteiger partial charge >= 0.3 is 0 Å². The maximum Gasteiger partial charge on any atom is 0.194 e. The summed E-state index contributed by atoms with van der Waals surface area (Å²) in [5.41, 5.74) is 6.00. The summed E-state index contributed by atoms with van der Waals surface area (Å²) in [7, 11) is 0. The molecule has 0 saturated heterocycles. The molecule has 2 heterocycles. The van der Waals surface area contributed by atoms with Gasteiger partial charge in [0.1, 0.15) is 5.54 Å². The predicted octanol–water partition coefficient (Wildman–Crippen LogP) is 7.22. The number of rotatable bonds is 6. The highest BCUT2D eigenvalue weighted by Crippen LogP contribution is 2.44. The lowest BCUT2D eigenvalue weighted by atomic mass is 9.77. The van der Waals surface area contributed by atoms with Gasteiger partial charge in [-0.2, -0.15) is 0 Å². The van der Waals surface area contributed by atoms with E-state index in [1.165, 1.54) is 5.56 Å². The smallest absolute Gasteiger partial charge is 0.194 e. The summed E-state index contributed by atoms with van der Waals surface area (Å²) in [6.45, 7) is 2.10. The van der Waals surface area contributed by atoms with Gasteiger partial charge < -0.3 is 0 Å².